The van der Waals surface area contributed by atoms with Crippen molar-refractivity contribution in [2.75, 3.05) is 13.1 Å². The number of nitrogens with zero attached hydrogens (tertiary/aromatic N) is 1. The largest absolute Gasteiger partial charge is 0.393 e. The van der Waals surface area contributed by atoms with Crippen LogP contribution in [-0.2, 0) is 0 Å². The van der Waals surface area contributed by atoms with E-state index in [0.29, 0.717) is 5.92 Å². The molecule has 1 fully saturated rings. The lowest BCUT2D eigenvalue weighted by Gasteiger charge is -2.33. The highest BCUT2D eigenvalue weighted by Crippen LogP contribution is 2.23. The number of rotatable bonds is 2. The average Bonchev–Trinajstić information content (AvgIpc) is 2.37. The van der Waals surface area contributed by atoms with Crippen molar-refractivity contribution in [1.29, 1.82) is 0 Å². The normalized spacial score (nSPS) is 18.4. The first-order valence-corrected chi connectivity index (χ1v) is 7.51. The van der Waals surface area contributed by atoms with Crippen LogP contribution < -0.4 is 0 Å². The lowest BCUT2D eigenvalue weighted by atomic mass is 9.92. The molecule has 1 N–H and O–H groups in total. The number of hydrogen-bond acceptors (Lipinski definition) is 2. The van der Waals surface area contributed by atoms with Crippen molar-refractivity contribution in [2.24, 2.45) is 5.92 Å². The fraction of sp³-hybridized carbons (Fsp3) is 0.533. The molecule has 4 heteroatoms. The predicted octanol–water partition coefficient (Wildman–Crippen LogP) is 2.99. The van der Waals surface area contributed by atoms with Gasteiger partial charge in [0.15, 0.2) is 0 Å². The van der Waals surface area contributed by atoms with Crippen molar-refractivity contribution in [2.45, 2.75) is 32.8 Å². The molecule has 0 aromatic heterocycles. The Balaban J connectivity index is 2.05. The highest BCUT2D eigenvalue weighted by molar-refractivity contribution is 9.10. The van der Waals surface area contributed by atoms with E-state index in [9.17, 15) is 9.90 Å². The van der Waals surface area contributed by atoms with Crippen LogP contribution in [0.4, 0.5) is 0 Å². The number of aliphatic hydroxyl groups is 1. The molecule has 1 aromatic rings. The summed E-state index contributed by atoms with van der Waals surface area (Å²) in [6.07, 6.45) is 1.50. The maximum Gasteiger partial charge on any atom is 0.253 e. The molecule has 1 unspecified atom stereocenters. The number of aryl methyl sites for hydroxylation is 1. The van der Waals surface area contributed by atoms with Crippen molar-refractivity contribution in [1.82, 2.24) is 4.90 Å². The molecule has 1 aromatic carbocycles. The second kappa shape index (κ2) is 6.06. The van der Waals surface area contributed by atoms with Crippen LogP contribution in [0.15, 0.2) is 22.7 Å². The van der Waals surface area contributed by atoms with E-state index in [2.05, 4.69) is 15.9 Å². The molecule has 1 aliphatic rings. The van der Waals surface area contributed by atoms with Crippen molar-refractivity contribution >= 4 is 21.8 Å². The Morgan fingerprint density at radius 1 is 1.37 bits per heavy atom. The van der Waals surface area contributed by atoms with Gasteiger partial charge in [0.05, 0.1) is 6.10 Å². The third kappa shape index (κ3) is 3.57. The van der Waals surface area contributed by atoms with E-state index in [1.165, 1.54) is 0 Å². The number of benzene rings is 1. The van der Waals surface area contributed by atoms with Gasteiger partial charge in [-0.25, -0.2) is 0 Å². The summed E-state index contributed by atoms with van der Waals surface area (Å²) < 4.78 is 0.940. The number of likely N-dealkylation sites (tertiary alicyclic amines) is 1. The Kier molecular flexibility index (Phi) is 4.63. The second-order valence-corrected chi connectivity index (χ2v) is 6.30. The number of carbonyl (C=O) groups is 1. The Bertz CT molecular complexity index is 445. The first-order valence-electron chi connectivity index (χ1n) is 6.72. The third-order valence-electron chi connectivity index (χ3n) is 3.80. The quantitative estimate of drug-likeness (QED) is 0.908. The summed E-state index contributed by atoms with van der Waals surface area (Å²) >= 11 is 3.43. The molecular weight excluding hydrogens is 306 g/mol. The van der Waals surface area contributed by atoms with Gasteiger partial charge >= 0.3 is 0 Å². The lowest BCUT2D eigenvalue weighted by Crippen LogP contribution is -2.40. The molecular formula is C15H20BrNO2. The zero-order chi connectivity index (χ0) is 14.0. The topological polar surface area (TPSA) is 40.5 Å². The highest BCUT2D eigenvalue weighted by atomic mass is 79.9. The Morgan fingerprint density at radius 3 is 2.53 bits per heavy atom. The number of amides is 1. The molecule has 1 heterocycles. The molecule has 0 radical (unpaired) electrons. The van der Waals surface area contributed by atoms with Gasteiger partial charge in [0.1, 0.15) is 0 Å². The summed E-state index contributed by atoms with van der Waals surface area (Å²) in [5, 5.41) is 9.58. The van der Waals surface area contributed by atoms with Gasteiger partial charge in [-0.1, -0.05) is 15.9 Å². The number of carbonyl (C=O) groups excluding carboxylic acids is 1. The van der Waals surface area contributed by atoms with Crippen LogP contribution in [-0.4, -0.2) is 35.1 Å². The van der Waals surface area contributed by atoms with Crippen LogP contribution in [0.2, 0.25) is 0 Å². The summed E-state index contributed by atoms with van der Waals surface area (Å²) in [4.78, 5) is 14.3. The molecule has 104 valence electrons. The summed E-state index contributed by atoms with van der Waals surface area (Å²) in [7, 11) is 0. The minimum atomic E-state index is -0.273. The molecule has 1 aliphatic heterocycles. The van der Waals surface area contributed by atoms with Gasteiger partial charge in [-0.2, -0.15) is 0 Å². The number of aliphatic hydroxyl groups excluding tert-OH is 1. The molecule has 0 bridgehead atoms. The molecule has 0 aliphatic carbocycles. The monoisotopic (exact) mass is 325 g/mol. The van der Waals surface area contributed by atoms with Gasteiger partial charge in [0.2, 0.25) is 0 Å². The van der Waals surface area contributed by atoms with Crippen molar-refractivity contribution in [3.8, 4) is 0 Å². The number of halogens is 1. The summed E-state index contributed by atoms with van der Waals surface area (Å²) in [6, 6.07) is 5.79. The van der Waals surface area contributed by atoms with E-state index in [1.807, 2.05) is 36.9 Å². The number of hydrogen-bond donors (Lipinski definition) is 1. The summed E-state index contributed by atoms with van der Waals surface area (Å²) in [6.45, 7) is 5.29. The van der Waals surface area contributed by atoms with Crippen LogP contribution in [0.25, 0.3) is 0 Å². The number of piperidine rings is 1. The van der Waals surface area contributed by atoms with Crippen molar-refractivity contribution in [3.63, 3.8) is 0 Å². The van der Waals surface area contributed by atoms with Crippen LogP contribution in [0.5, 0.6) is 0 Å². The Hall–Kier alpha value is -0.870. The highest BCUT2D eigenvalue weighted by Gasteiger charge is 2.26. The van der Waals surface area contributed by atoms with E-state index in [-0.39, 0.29) is 12.0 Å². The minimum absolute atomic E-state index is 0.0912. The molecule has 2 rings (SSSR count). The standard InChI is InChI=1S/C15H20BrNO2/c1-10-7-13(9-14(16)8-10)15(19)17-5-3-12(4-6-17)11(2)18/h7-9,11-12,18H,3-6H2,1-2H3. The zero-order valence-electron chi connectivity index (χ0n) is 11.4. The first-order chi connectivity index (χ1) is 8.97. The Morgan fingerprint density at radius 2 is 2.00 bits per heavy atom. The Labute approximate surface area is 122 Å². The zero-order valence-corrected chi connectivity index (χ0v) is 13.0. The van der Waals surface area contributed by atoms with Crippen molar-refractivity contribution in [3.05, 3.63) is 33.8 Å². The van der Waals surface area contributed by atoms with Gasteiger partial charge in [-0.3, -0.25) is 4.79 Å². The second-order valence-electron chi connectivity index (χ2n) is 5.39. The molecule has 0 spiro atoms. The van der Waals surface area contributed by atoms with Crippen LogP contribution >= 0.6 is 15.9 Å². The van der Waals surface area contributed by atoms with Crippen molar-refractivity contribution < 1.29 is 9.90 Å². The smallest absolute Gasteiger partial charge is 0.253 e. The first kappa shape index (κ1) is 14.5. The molecule has 0 saturated carbocycles. The molecule has 1 atom stereocenters. The molecule has 3 nitrogen and oxygen atoms in total. The van der Waals surface area contributed by atoms with Crippen LogP contribution in [0.1, 0.15) is 35.7 Å². The minimum Gasteiger partial charge on any atom is -0.393 e. The summed E-state index contributed by atoms with van der Waals surface area (Å²) in [5.74, 6) is 0.418. The molecule has 19 heavy (non-hydrogen) atoms. The van der Waals surface area contributed by atoms with Crippen LogP contribution in [0.3, 0.4) is 0 Å². The van der Waals surface area contributed by atoms with Gasteiger partial charge < -0.3 is 10.0 Å². The van der Waals surface area contributed by atoms with E-state index >= 15 is 0 Å². The molecule has 1 amide bonds. The molecule has 1 saturated heterocycles. The van der Waals surface area contributed by atoms with Gasteiger partial charge in [-0.05, 0) is 56.4 Å². The SMILES string of the molecule is Cc1cc(Br)cc(C(=O)N2CCC(C(C)O)CC2)c1. The van der Waals surface area contributed by atoms with E-state index in [0.717, 1.165) is 41.5 Å². The maximum absolute atomic E-state index is 12.4. The average molecular weight is 326 g/mol. The summed E-state index contributed by atoms with van der Waals surface area (Å²) in [5.41, 5.74) is 1.82. The maximum atomic E-state index is 12.4. The lowest BCUT2D eigenvalue weighted by molar-refractivity contribution is 0.0521. The van der Waals surface area contributed by atoms with Crippen LogP contribution in [0, 0.1) is 12.8 Å². The van der Waals surface area contributed by atoms with Gasteiger partial charge in [0, 0.05) is 23.1 Å². The van der Waals surface area contributed by atoms with Gasteiger partial charge in [-0.15, -0.1) is 0 Å². The van der Waals surface area contributed by atoms with E-state index < -0.39 is 0 Å². The third-order valence-corrected chi connectivity index (χ3v) is 4.26. The van der Waals surface area contributed by atoms with E-state index in [4.69, 9.17) is 0 Å². The fourth-order valence-corrected chi connectivity index (χ4v) is 3.24. The van der Waals surface area contributed by atoms with E-state index in [1.54, 1.807) is 0 Å². The fourth-order valence-electron chi connectivity index (χ4n) is 2.63. The van der Waals surface area contributed by atoms with Gasteiger partial charge in [0.25, 0.3) is 5.91 Å². The predicted molar refractivity (Wildman–Crippen MR) is 79.2 cm³/mol.